The monoisotopic (exact) mass is 436 g/mol. The van der Waals surface area contributed by atoms with E-state index in [0.29, 0.717) is 13.1 Å². The second-order valence-electron chi connectivity index (χ2n) is 8.98. The second-order valence-corrected chi connectivity index (χ2v) is 8.98. The minimum absolute atomic E-state index is 0.0798. The summed E-state index contributed by atoms with van der Waals surface area (Å²) in [6.07, 6.45) is -7.11. The summed E-state index contributed by atoms with van der Waals surface area (Å²) in [5.41, 5.74) is -1.43. The van der Waals surface area contributed by atoms with Gasteiger partial charge in [0.15, 0.2) is 0 Å². The Kier molecular flexibility index (Phi) is 7.71. The molecule has 0 atom stereocenters. The first-order valence-electron chi connectivity index (χ1n) is 9.94. The van der Waals surface area contributed by atoms with Gasteiger partial charge in [-0.25, -0.2) is 4.39 Å². The van der Waals surface area contributed by atoms with Gasteiger partial charge >= 0.3 is 12.5 Å². The molecule has 0 aromatic heterocycles. The minimum Gasteiger partial charge on any atom is -0.428 e. The average molecular weight is 436 g/mol. The molecule has 1 aliphatic heterocycles. The molecule has 1 saturated heterocycles. The zero-order chi connectivity index (χ0) is 22.6. The number of ether oxygens (including phenoxy) is 1. The number of halogens is 5. The van der Waals surface area contributed by atoms with E-state index >= 15 is 4.39 Å². The van der Waals surface area contributed by atoms with Crippen LogP contribution >= 0.6 is 0 Å². The van der Waals surface area contributed by atoms with Gasteiger partial charge in [-0.2, -0.15) is 17.6 Å². The molecule has 170 valence electrons. The third-order valence-electron chi connectivity index (χ3n) is 5.10. The normalized spacial score (nSPS) is 17.8. The van der Waals surface area contributed by atoms with Crippen molar-refractivity contribution < 1.29 is 31.5 Å². The third kappa shape index (κ3) is 7.41. The molecule has 0 aliphatic carbocycles. The summed E-state index contributed by atoms with van der Waals surface area (Å²) < 4.78 is 69.6. The predicted molar refractivity (Wildman–Crippen MR) is 104 cm³/mol. The molecule has 1 heterocycles. The summed E-state index contributed by atoms with van der Waals surface area (Å²) in [6.45, 7) is 8.32. The molecule has 1 amide bonds. The maximum absolute atomic E-state index is 15.0. The van der Waals surface area contributed by atoms with E-state index in [1.807, 2.05) is 0 Å². The van der Waals surface area contributed by atoms with Crippen molar-refractivity contribution in [3.8, 4) is 5.75 Å². The largest absolute Gasteiger partial charge is 0.461 e. The van der Waals surface area contributed by atoms with Gasteiger partial charge in [-0.1, -0.05) is 26.8 Å². The van der Waals surface area contributed by atoms with Crippen molar-refractivity contribution in [3.05, 3.63) is 29.8 Å². The Labute approximate surface area is 173 Å². The van der Waals surface area contributed by atoms with E-state index in [1.54, 1.807) is 0 Å². The van der Waals surface area contributed by atoms with Gasteiger partial charge in [0.2, 0.25) is 0 Å². The van der Waals surface area contributed by atoms with Crippen LogP contribution in [0.1, 0.15) is 50.4 Å². The number of piperidine rings is 1. The molecule has 1 aromatic rings. The van der Waals surface area contributed by atoms with E-state index in [9.17, 15) is 22.4 Å². The van der Waals surface area contributed by atoms with Crippen molar-refractivity contribution in [2.24, 2.45) is 5.41 Å². The van der Waals surface area contributed by atoms with Crippen molar-refractivity contribution in [2.75, 3.05) is 26.2 Å². The van der Waals surface area contributed by atoms with E-state index in [0.717, 1.165) is 25.1 Å². The maximum atomic E-state index is 15.0. The SMILES string of the molecule is CC(C)(C)CCN1CCC(F)(CNC(=O)c2cccc(OC(F)(F)C(F)F)c2)CC1. The molecule has 30 heavy (non-hydrogen) atoms. The number of nitrogens with one attached hydrogen (secondary N) is 1. The van der Waals surface area contributed by atoms with Gasteiger partial charge in [-0.3, -0.25) is 4.79 Å². The van der Waals surface area contributed by atoms with Crippen LogP contribution in [0.4, 0.5) is 22.0 Å². The van der Waals surface area contributed by atoms with Gasteiger partial charge < -0.3 is 15.0 Å². The molecule has 2 rings (SSSR count). The van der Waals surface area contributed by atoms with Crippen LogP contribution in [0, 0.1) is 5.41 Å². The number of hydrogen-bond donors (Lipinski definition) is 1. The highest BCUT2D eigenvalue weighted by Gasteiger charge is 2.44. The fraction of sp³-hybridized carbons (Fsp3) is 0.667. The predicted octanol–water partition coefficient (Wildman–Crippen LogP) is 4.89. The van der Waals surface area contributed by atoms with Gasteiger partial charge in [0.05, 0.1) is 6.54 Å². The van der Waals surface area contributed by atoms with Gasteiger partial charge in [-0.05, 0) is 49.4 Å². The smallest absolute Gasteiger partial charge is 0.428 e. The molecule has 0 spiro atoms. The molecule has 0 unspecified atom stereocenters. The Bertz CT molecular complexity index is 714. The molecule has 4 nitrogen and oxygen atoms in total. The molecular weight excluding hydrogens is 407 g/mol. The number of nitrogens with zero attached hydrogens (tertiary/aromatic N) is 1. The van der Waals surface area contributed by atoms with Crippen LogP contribution in [-0.4, -0.2) is 55.2 Å². The Morgan fingerprint density at radius 2 is 1.87 bits per heavy atom. The average Bonchev–Trinajstić information content (AvgIpc) is 2.65. The van der Waals surface area contributed by atoms with Crippen molar-refractivity contribution in [1.82, 2.24) is 10.2 Å². The van der Waals surface area contributed by atoms with E-state index in [-0.39, 0.29) is 30.4 Å². The maximum Gasteiger partial charge on any atom is 0.461 e. The highest BCUT2D eigenvalue weighted by Crippen LogP contribution is 2.29. The number of alkyl halides is 5. The first kappa shape index (κ1) is 24.4. The molecule has 0 bridgehead atoms. The fourth-order valence-corrected chi connectivity index (χ4v) is 3.09. The van der Waals surface area contributed by atoms with Crippen LogP contribution in [0.5, 0.6) is 5.75 Å². The Balaban J connectivity index is 1.86. The van der Waals surface area contributed by atoms with Crippen molar-refractivity contribution >= 4 is 5.91 Å². The standard InChI is InChI=1S/C21H29F5N2O2/c1-19(2,3)7-10-28-11-8-20(24,9-12-28)14-27-17(29)15-5-4-6-16(13-15)30-21(25,26)18(22)23/h4-6,13,18H,7-12,14H2,1-3H3,(H,27,29). The lowest BCUT2D eigenvalue weighted by Gasteiger charge is -2.37. The van der Waals surface area contributed by atoms with E-state index < -0.39 is 29.9 Å². The number of benzene rings is 1. The molecule has 9 heteroatoms. The molecular formula is C21H29F5N2O2. The van der Waals surface area contributed by atoms with Crippen LogP contribution < -0.4 is 10.1 Å². The first-order valence-corrected chi connectivity index (χ1v) is 9.94. The Morgan fingerprint density at radius 3 is 2.43 bits per heavy atom. The molecule has 0 saturated carbocycles. The molecule has 1 aliphatic rings. The number of carbonyl (C=O) groups is 1. The summed E-state index contributed by atoms with van der Waals surface area (Å²) in [7, 11) is 0. The third-order valence-corrected chi connectivity index (χ3v) is 5.10. The summed E-state index contributed by atoms with van der Waals surface area (Å²) in [5.74, 6) is -1.26. The van der Waals surface area contributed by atoms with E-state index in [1.165, 1.54) is 12.1 Å². The number of amides is 1. The van der Waals surface area contributed by atoms with Crippen molar-refractivity contribution in [3.63, 3.8) is 0 Å². The first-order chi connectivity index (χ1) is 13.8. The lowest BCUT2D eigenvalue weighted by molar-refractivity contribution is -0.253. The van der Waals surface area contributed by atoms with Crippen molar-refractivity contribution in [2.45, 2.75) is 58.2 Å². The quantitative estimate of drug-likeness (QED) is 0.590. The van der Waals surface area contributed by atoms with Gasteiger partial charge in [-0.15, -0.1) is 0 Å². The van der Waals surface area contributed by atoms with Gasteiger partial charge in [0, 0.05) is 18.7 Å². The van der Waals surface area contributed by atoms with Crippen LogP contribution in [0.2, 0.25) is 0 Å². The summed E-state index contributed by atoms with van der Waals surface area (Å²) in [4.78, 5) is 14.5. The van der Waals surface area contributed by atoms with Gasteiger partial charge in [0.1, 0.15) is 11.4 Å². The molecule has 1 aromatic carbocycles. The molecule has 1 N–H and O–H groups in total. The fourth-order valence-electron chi connectivity index (χ4n) is 3.09. The Morgan fingerprint density at radius 1 is 1.23 bits per heavy atom. The zero-order valence-electron chi connectivity index (χ0n) is 17.5. The lowest BCUT2D eigenvalue weighted by atomic mass is 9.90. The lowest BCUT2D eigenvalue weighted by Crippen LogP contribution is -2.48. The summed E-state index contributed by atoms with van der Waals surface area (Å²) >= 11 is 0. The van der Waals surface area contributed by atoms with Crippen LogP contribution in [0.3, 0.4) is 0 Å². The van der Waals surface area contributed by atoms with E-state index in [2.05, 4.69) is 35.7 Å². The second kappa shape index (κ2) is 9.49. The van der Waals surface area contributed by atoms with Crippen LogP contribution in [0.15, 0.2) is 24.3 Å². The molecule has 0 radical (unpaired) electrons. The minimum atomic E-state index is -4.67. The van der Waals surface area contributed by atoms with Gasteiger partial charge in [0.25, 0.3) is 5.91 Å². The number of likely N-dealkylation sites (tertiary alicyclic amines) is 1. The summed E-state index contributed by atoms with van der Waals surface area (Å²) in [6, 6.07) is 4.50. The van der Waals surface area contributed by atoms with Crippen LogP contribution in [-0.2, 0) is 0 Å². The Hall–Kier alpha value is -1.90. The highest BCUT2D eigenvalue weighted by atomic mass is 19.3. The number of rotatable bonds is 8. The topological polar surface area (TPSA) is 41.6 Å². The number of carbonyl (C=O) groups excluding carboxylic acids is 1. The summed E-state index contributed by atoms with van der Waals surface area (Å²) in [5, 5.41) is 2.47. The number of hydrogen-bond acceptors (Lipinski definition) is 3. The molecule has 1 fully saturated rings. The van der Waals surface area contributed by atoms with Crippen LogP contribution in [0.25, 0.3) is 0 Å². The highest BCUT2D eigenvalue weighted by molar-refractivity contribution is 5.94. The van der Waals surface area contributed by atoms with Crippen molar-refractivity contribution in [1.29, 1.82) is 0 Å². The zero-order valence-corrected chi connectivity index (χ0v) is 17.5. The van der Waals surface area contributed by atoms with E-state index in [4.69, 9.17) is 0 Å².